The highest BCUT2D eigenvalue weighted by Crippen LogP contribution is 2.32. The van der Waals surface area contributed by atoms with E-state index in [0.29, 0.717) is 12.5 Å². The number of carbonyl (C=O) groups excluding carboxylic acids is 2. The molecule has 1 rings (SSSR count). The number of hydrogen-bond acceptors (Lipinski definition) is 3. The molecule has 0 aromatic heterocycles. The first-order chi connectivity index (χ1) is 11.9. The van der Waals surface area contributed by atoms with Gasteiger partial charge in [-0.15, -0.1) is 0 Å². The summed E-state index contributed by atoms with van der Waals surface area (Å²) in [6.45, 7) is 4.96. The Hall–Kier alpha value is -2.32. The second-order valence-electron chi connectivity index (χ2n) is 6.61. The van der Waals surface area contributed by atoms with Crippen LogP contribution in [-0.4, -0.2) is 24.1 Å². The molecule has 0 saturated carbocycles. The minimum Gasteiger partial charge on any atom is -0.444 e. The third-order valence-corrected chi connectivity index (χ3v) is 3.10. The highest BCUT2D eigenvalue weighted by molar-refractivity contribution is 5.76. The topological polar surface area (TPSA) is 67.4 Å². The maximum Gasteiger partial charge on any atom is 0.416 e. The van der Waals surface area contributed by atoms with Gasteiger partial charge in [-0.25, -0.2) is 9.18 Å². The lowest BCUT2D eigenvalue weighted by atomic mass is 10.1. The lowest BCUT2D eigenvalue weighted by Gasteiger charge is -2.19. The van der Waals surface area contributed by atoms with Crippen molar-refractivity contribution in [3.05, 3.63) is 35.1 Å². The molecule has 0 spiro atoms. The quantitative estimate of drug-likeness (QED) is 0.585. The third-order valence-electron chi connectivity index (χ3n) is 3.10. The van der Waals surface area contributed by atoms with Crippen molar-refractivity contribution in [3.8, 4) is 0 Å². The van der Waals surface area contributed by atoms with Gasteiger partial charge in [0, 0.05) is 19.5 Å². The highest BCUT2D eigenvalue weighted by atomic mass is 19.4. The van der Waals surface area contributed by atoms with Gasteiger partial charge < -0.3 is 15.4 Å². The van der Waals surface area contributed by atoms with Gasteiger partial charge in [0.15, 0.2) is 0 Å². The SMILES string of the molecule is CC(C)(C)OC(=O)NCCCC(=O)NCc1ccc(F)cc1C(F)(F)F. The van der Waals surface area contributed by atoms with E-state index >= 15 is 0 Å². The van der Waals surface area contributed by atoms with Crippen molar-refractivity contribution >= 4 is 12.0 Å². The zero-order valence-electron chi connectivity index (χ0n) is 14.8. The van der Waals surface area contributed by atoms with Crippen LogP contribution in [0.3, 0.4) is 0 Å². The number of halogens is 4. The van der Waals surface area contributed by atoms with E-state index in [4.69, 9.17) is 4.74 Å². The molecule has 0 saturated heterocycles. The monoisotopic (exact) mass is 378 g/mol. The zero-order chi connectivity index (χ0) is 20.0. The highest BCUT2D eigenvalue weighted by Gasteiger charge is 2.33. The molecule has 0 heterocycles. The standard InChI is InChI=1S/C17H22F4N2O3/c1-16(2,3)26-15(25)22-8-4-5-14(24)23-10-11-6-7-12(18)9-13(11)17(19,20)21/h6-7,9H,4-5,8,10H2,1-3H3,(H,22,25)(H,23,24). The number of alkyl carbamates (subject to hydrolysis) is 1. The van der Waals surface area contributed by atoms with E-state index in [9.17, 15) is 27.2 Å². The zero-order valence-corrected chi connectivity index (χ0v) is 14.8. The second kappa shape index (κ2) is 8.86. The Morgan fingerprint density at radius 1 is 1.12 bits per heavy atom. The summed E-state index contributed by atoms with van der Waals surface area (Å²) < 4.78 is 56.6. The van der Waals surface area contributed by atoms with E-state index in [-0.39, 0.29) is 25.1 Å². The minimum absolute atomic E-state index is 0.0122. The Morgan fingerprint density at radius 3 is 2.35 bits per heavy atom. The lowest BCUT2D eigenvalue weighted by molar-refractivity contribution is -0.138. The van der Waals surface area contributed by atoms with Gasteiger partial charge >= 0.3 is 12.3 Å². The molecule has 1 aromatic carbocycles. The predicted octanol–water partition coefficient (Wildman–Crippen LogP) is 3.77. The maximum atomic E-state index is 13.0. The van der Waals surface area contributed by atoms with Gasteiger partial charge in [0.1, 0.15) is 11.4 Å². The molecule has 0 atom stereocenters. The fourth-order valence-corrected chi connectivity index (χ4v) is 2.00. The van der Waals surface area contributed by atoms with Gasteiger partial charge in [0.25, 0.3) is 0 Å². The van der Waals surface area contributed by atoms with Crippen LogP contribution in [0.2, 0.25) is 0 Å². The molecule has 1 aromatic rings. The Bertz CT molecular complexity index is 640. The number of amides is 2. The van der Waals surface area contributed by atoms with Crippen LogP contribution in [0.4, 0.5) is 22.4 Å². The van der Waals surface area contributed by atoms with E-state index in [2.05, 4.69) is 10.6 Å². The molecule has 0 bridgehead atoms. The maximum absolute atomic E-state index is 13.0. The van der Waals surface area contributed by atoms with Gasteiger partial charge in [0.05, 0.1) is 5.56 Å². The summed E-state index contributed by atoms with van der Waals surface area (Å²) in [5, 5.41) is 4.82. The summed E-state index contributed by atoms with van der Waals surface area (Å²) >= 11 is 0. The predicted molar refractivity (Wildman–Crippen MR) is 86.7 cm³/mol. The number of nitrogens with one attached hydrogen (secondary N) is 2. The Morgan fingerprint density at radius 2 is 1.77 bits per heavy atom. The number of rotatable bonds is 6. The number of alkyl halides is 3. The lowest BCUT2D eigenvalue weighted by Crippen LogP contribution is -2.33. The molecule has 0 aliphatic carbocycles. The fourth-order valence-electron chi connectivity index (χ4n) is 2.00. The summed E-state index contributed by atoms with van der Waals surface area (Å²) in [5.41, 5.74) is -1.98. The van der Waals surface area contributed by atoms with Gasteiger partial charge in [-0.2, -0.15) is 13.2 Å². The van der Waals surface area contributed by atoms with Crippen molar-refractivity contribution in [2.24, 2.45) is 0 Å². The average Bonchev–Trinajstić information content (AvgIpc) is 2.47. The van der Waals surface area contributed by atoms with Crippen LogP contribution in [0.25, 0.3) is 0 Å². The van der Waals surface area contributed by atoms with Crippen LogP contribution in [-0.2, 0) is 22.3 Å². The fraction of sp³-hybridized carbons (Fsp3) is 0.529. The number of benzene rings is 1. The van der Waals surface area contributed by atoms with Crippen LogP contribution in [0.1, 0.15) is 44.7 Å². The van der Waals surface area contributed by atoms with E-state index in [1.54, 1.807) is 20.8 Å². The molecule has 146 valence electrons. The van der Waals surface area contributed by atoms with Crippen molar-refractivity contribution in [2.45, 2.75) is 51.9 Å². The molecule has 5 nitrogen and oxygen atoms in total. The van der Waals surface area contributed by atoms with Gasteiger partial charge in [-0.1, -0.05) is 6.07 Å². The van der Waals surface area contributed by atoms with Crippen LogP contribution in [0.5, 0.6) is 0 Å². The Labute approximate surface area is 149 Å². The summed E-state index contributed by atoms with van der Waals surface area (Å²) in [4.78, 5) is 23.1. The van der Waals surface area contributed by atoms with E-state index in [0.717, 1.165) is 12.1 Å². The van der Waals surface area contributed by atoms with Gasteiger partial charge in [-0.3, -0.25) is 4.79 Å². The molecule has 0 fully saturated rings. The van der Waals surface area contributed by atoms with Crippen molar-refractivity contribution in [1.82, 2.24) is 10.6 Å². The molecule has 2 N–H and O–H groups in total. The summed E-state index contributed by atoms with van der Waals surface area (Å²) in [7, 11) is 0. The molecule has 0 unspecified atom stereocenters. The second-order valence-corrected chi connectivity index (χ2v) is 6.61. The first kappa shape index (κ1) is 21.7. The summed E-state index contributed by atoms with van der Waals surface area (Å²) in [5.74, 6) is -1.48. The van der Waals surface area contributed by atoms with Crippen LogP contribution in [0.15, 0.2) is 18.2 Å². The molecule has 0 radical (unpaired) electrons. The molecular formula is C17H22F4N2O3. The average molecular weight is 378 g/mol. The molecule has 0 aliphatic heterocycles. The minimum atomic E-state index is -4.71. The van der Waals surface area contributed by atoms with Gasteiger partial charge in [-0.05, 0) is 44.9 Å². The number of ether oxygens (including phenoxy) is 1. The van der Waals surface area contributed by atoms with Crippen molar-refractivity contribution < 1.29 is 31.9 Å². The summed E-state index contributed by atoms with van der Waals surface area (Å²) in [6, 6.07) is 2.29. The van der Waals surface area contributed by atoms with E-state index in [1.807, 2.05) is 0 Å². The molecular weight excluding hydrogens is 356 g/mol. The normalized spacial score (nSPS) is 11.8. The number of carbonyl (C=O) groups is 2. The molecule has 26 heavy (non-hydrogen) atoms. The van der Waals surface area contributed by atoms with Crippen LogP contribution in [0, 0.1) is 5.82 Å². The van der Waals surface area contributed by atoms with E-state index < -0.39 is 35.2 Å². The Kier molecular flexibility index (Phi) is 7.41. The molecule has 9 heteroatoms. The van der Waals surface area contributed by atoms with Crippen molar-refractivity contribution in [1.29, 1.82) is 0 Å². The van der Waals surface area contributed by atoms with Crippen molar-refractivity contribution in [3.63, 3.8) is 0 Å². The molecule has 2 amide bonds. The first-order valence-electron chi connectivity index (χ1n) is 7.97. The summed E-state index contributed by atoms with van der Waals surface area (Å²) in [6.07, 6.45) is -5.02. The molecule has 0 aliphatic rings. The number of hydrogen-bond donors (Lipinski definition) is 2. The first-order valence-corrected chi connectivity index (χ1v) is 7.97. The van der Waals surface area contributed by atoms with Gasteiger partial charge in [0.2, 0.25) is 5.91 Å². The van der Waals surface area contributed by atoms with Crippen LogP contribution >= 0.6 is 0 Å². The largest absolute Gasteiger partial charge is 0.444 e. The Balaban J connectivity index is 2.41. The van der Waals surface area contributed by atoms with Crippen LogP contribution < -0.4 is 10.6 Å². The van der Waals surface area contributed by atoms with E-state index in [1.165, 1.54) is 0 Å². The third kappa shape index (κ3) is 8.17. The van der Waals surface area contributed by atoms with Crippen molar-refractivity contribution in [2.75, 3.05) is 6.54 Å². The smallest absolute Gasteiger partial charge is 0.416 e.